The Morgan fingerprint density at radius 2 is 1.76 bits per heavy atom. The zero-order valence-electron chi connectivity index (χ0n) is 17.0. The van der Waals surface area contributed by atoms with Gasteiger partial charge in [-0.1, -0.05) is 66.9 Å². The number of carbonyl (C=O) groups excluding carboxylic acids is 2. The minimum Gasteiger partial charge on any atom is -0.354 e. The first-order valence-corrected chi connectivity index (χ1v) is 10.7. The van der Waals surface area contributed by atoms with E-state index in [0.717, 1.165) is 24.0 Å². The van der Waals surface area contributed by atoms with Crippen LogP contribution in [-0.2, 0) is 22.6 Å². The Hall–Kier alpha value is -2.04. The molecule has 1 atom stereocenters. The van der Waals surface area contributed by atoms with E-state index in [0.29, 0.717) is 29.6 Å². The van der Waals surface area contributed by atoms with Crippen molar-refractivity contribution in [3.63, 3.8) is 0 Å². The van der Waals surface area contributed by atoms with Crippen molar-refractivity contribution in [1.82, 2.24) is 10.2 Å². The van der Waals surface area contributed by atoms with Gasteiger partial charge in [-0.25, -0.2) is 0 Å². The molecule has 29 heavy (non-hydrogen) atoms. The lowest BCUT2D eigenvalue weighted by atomic mass is 10.1. The van der Waals surface area contributed by atoms with E-state index in [-0.39, 0.29) is 18.2 Å². The largest absolute Gasteiger partial charge is 0.354 e. The number of aryl methyl sites for hydroxylation is 1. The van der Waals surface area contributed by atoms with Gasteiger partial charge in [-0.15, -0.1) is 0 Å². The number of nitrogens with zero attached hydrogens (tertiary/aromatic N) is 1. The Balaban J connectivity index is 2.11. The van der Waals surface area contributed by atoms with Gasteiger partial charge in [-0.3, -0.25) is 9.59 Å². The van der Waals surface area contributed by atoms with Gasteiger partial charge in [0.2, 0.25) is 11.8 Å². The number of halogens is 2. The fourth-order valence-electron chi connectivity index (χ4n) is 2.99. The van der Waals surface area contributed by atoms with E-state index in [4.69, 9.17) is 23.2 Å². The zero-order chi connectivity index (χ0) is 21.2. The van der Waals surface area contributed by atoms with Crippen LogP contribution in [-0.4, -0.2) is 29.3 Å². The summed E-state index contributed by atoms with van der Waals surface area (Å²) in [4.78, 5) is 27.3. The molecule has 4 nitrogen and oxygen atoms in total. The monoisotopic (exact) mass is 434 g/mol. The van der Waals surface area contributed by atoms with Crippen LogP contribution in [0.1, 0.15) is 44.2 Å². The number of carbonyl (C=O) groups is 2. The second kappa shape index (κ2) is 11.8. The molecule has 2 aromatic carbocycles. The third-order valence-electron chi connectivity index (χ3n) is 4.83. The Kier molecular flexibility index (Phi) is 9.49. The zero-order valence-corrected chi connectivity index (χ0v) is 18.5. The summed E-state index contributed by atoms with van der Waals surface area (Å²) in [6.45, 7) is 4.80. The van der Waals surface area contributed by atoms with Gasteiger partial charge in [-0.2, -0.15) is 0 Å². The van der Waals surface area contributed by atoms with Crippen molar-refractivity contribution in [2.45, 2.75) is 52.1 Å². The SMILES string of the molecule is CCCCNC(=O)[C@H](C)N(Cc1ccc(Cl)cc1)C(=O)CCc1ccccc1Cl. The van der Waals surface area contributed by atoms with E-state index >= 15 is 0 Å². The Morgan fingerprint density at radius 3 is 2.41 bits per heavy atom. The first kappa shape index (κ1) is 23.2. The maximum atomic E-state index is 13.1. The molecule has 0 heterocycles. The lowest BCUT2D eigenvalue weighted by Gasteiger charge is -2.29. The summed E-state index contributed by atoms with van der Waals surface area (Å²) in [6, 6.07) is 14.3. The number of amides is 2. The average Bonchev–Trinajstić information content (AvgIpc) is 2.72. The molecule has 6 heteroatoms. The molecule has 0 fully saturated rings. The summed E-state index contributed by atoms with van der Waals surface area (Å²) in [5.74, 6) is -0.225. The standard InChI is InChI=1S/C23H28Cl2N2O2/c1-3-4-15-26-23(29)17(2)27(16-18-9-12-20(24)13-10-18)22(28)14-11-19-7-5-6-8-21(19)25/h5-10,12-13,17H,3-4,11,14-16H2,1-2H3,(H,26,29)/t17-/m0/s1. The number of rotatable bonds is 10. The van der Waals surface area contributed by atoms with Gasteiger partial charge in [0.25, 0.3) is 0 Å². The summed E-state index contributed by atoms with van der Waals surface area (Å²) in [7, 11) is 0. The predicted octanol–water partition coefficient (Wildman–Crippen LogP) is 5.26. The van der Waals surface area contributed by atoms with E-state index in [1.54, 1.807) is 24.0 Å². The predicted molar refractivity (Wildman–Crippen MR) is 119 cm³/mol. The topological polar surface area (TPSA) is 49.4 Å². The van der Waals surface area contributed by atoms with E-state index in [2.05, 4.69) is 12.2 Å². The van der Waals surface area contributed by atoms with Crippen LogP contribution in [0.15, 0.2) is 48.5 Å². The van der Waals surface area contributed by atoms with E-state index in [1.807, 2.05) is 36.4 Å². The molecular formula is C23H28Cl2N2O2. The lowest BCUT2D eigenvalue weighted by molar-refractivity contribution is -0.140. The van der Waals surface area contributed by atoms with Gasteiger partial charge < -0.3 is 10.2 Å². The van der Waals surface area contributed by atoms with Gasteiger partial charge in [-0.05, 0) is 49.1 Å². The summed E-state index contributed by atoms with van der Waals surface area (Å²) >= 11 is 12.2. The number of unbranched alkanes of at least 4 members (excludes halogenated alkanes) is 1. The van der Waals surface area contributed by atoms with Crippen LogP contribution in [0, 0.1) is 0 Å². The number of hydrogen-bond acceptors (Lipinski definition) is 2. The highest BCUT2D eigenvalue weighted by atomic mass is 35.5. The molecule has 0 spiro atoms. The van der Waals surface area contributed by atoms with Crippen molar-refractivity contribution in [3.8, 4) is 0 Å². The second-order valence-corrected chi connectivity index (χ2v) is 7.90. The summed E-state index contributed by atoms with van der Waals surface area (Å²) in [5.41, 5.74) is 1.85. The molecule has 2 amide bonds. The van der Waals surface area contributed by atoms with Crippen LogP contribution in [0.5, 0.6) is 0 Å². The van der Waals surface area contributed by atoms with Crippen molar-refractivity contribution in [1.29, 1.82) is 0 Å². The normalized spacial score (nSPS) is 11.7. The van der Waals surface area contributed by atoms with Crippen LogP contribution in [0.25, 0.3) is 0 Å². The number of benzene rings is 2. The molecule has 0 saturated heterocycles. The molecular weight excluding hydrogens is 407 g/mol. The molecule has 0 unspecified atom stereocenters. The van der Waals surface area contributed by atoms with Crippen molar-refractivity contribution >= 4 is 35.0 Å². The highest BCUT2D eigenvalue weighted by molar-refractivity contribution is 6.31. The molecule has 156 valence electrons. The van der Waals surface area contributed by atoms with E-state index in [1.165, 1.54) is 0 Å². The lowest BCUT2D eigenvalue weighted by Crippen LogP contribution is -2.47. The minimum atomic E-state index is -0.568. The van der Waals surface area contributed by atoms with E-state index in [9.17, 15) is 9.59 Å². The highest BCUT2D eigenvalue weighted by Crippen LogP contribution is 2.19. The van der Waals surface area contributed by atoms with Crippen molar-refractivity contribution in [2.75, 3.05) is 6.54 Å². The minimum absolute atomic E-state index is 0.0852. The molecule has 0 aliphatic carbocycles. The van der Waals surface area contributed by atoms with Gasteiger partial charge >= 0.3 is 0 Å². The Bertz CT molecular complexity index is 809. The van der Waals surface area contributed by atoms with Crippen LogP contribution >= 0.6 is 23.2 Å². The fraction of sp³-hybridized carbons (Fsp3) is 0.391. The molecule has 1 N–H and O–H groups in total. The number of hydrogen-bond donors (Lipinski definition) is 1. The Labute approximate surface area is 183 Å². The second-order valence-electron chi connectivity index (χ2n) is 7.06. The Morgan fingerprint density at radius 1 is 1.07 bits per heavy atom. The third kappa shape index (κ3) is 7.37. The summed E-state index contributed by atoms with van der Waals surface area (Å²) < 4.78 is 0. The molecule has 0 saturated carbocycles. The van der Waals surface area contributed by atoms with E-state index < -0.39 is 6.04 Å². The third-order valence-corrected chi connectivity index (χ3v) is 5.45. The fourth-order valence-corrected chi connectivity index (χ4v) is 3.35. The van der Waals surface area contributed by atoms with Crippen molar-refractivity contribution in [3.05, 3.63) is 69.7 Å². The van der Waals surface area contributed by atoms with Crippen LogP contribution in [0.4, 0.5) is 0 Å². The molecule has 0 radical (unpaired) electrons. The first-order valence-electron chi connectivity index (χ1n) is 9.97. The molecule has 0 aliphatic heterocycles. The smallest absolute Gasteiger partial charge is 0.242 e. The molecule has 0 aliphatic rings. The average molecular weight is 435 g/mol. The van der Waals surface area contributed by atoms with Crippen molar-refractivity contribution < 1.29 is 9.59 Å². The van der Waals surface area contributed by atoms with Crippen LogP contribution in [0.3, 0.4) is 0 Å². The molecule has 0 aromatic heterocycles. The highest BCUT2D eigenvalue weighted by Gasteiger charge is 2.25. The van der Waals surface area contributed by atoms with Crippen LogP contribution in [0.2, 0.25) is 10.0 Å². The maximum Gasteiger partial charge on any atom is 0.242 e. The molecule has 0 bridgehead atoms. The number of nitrogens with one attached hydrogen (secondary N) is 1. The van der Waals surface area contributed by atoms with Gasteiger partial charge in [0.05, 0.1) is 0 Å². The summed E-state index contributed by atoms with van der Waals surface area (Å²) in [6.07, 6.45) is 2.72. The van der Waals surface area contributed by atoms with Crippen LogP contribution < -0.4 is 5.32 Å². The van der Waals surface area contributed by atoms with Gasteiger partial charge in [0.15, 0.2) is 0 Å². The van der Waals surface area contributed by atoms with Gasteiger partial charge in [0.1, 0.15) is 6.04 Å². The molecule has 2 rings (SSSR count). The maximum absolute atomic E-state index is 13.1. The molecule has 2 aromatic rings. The first-order chi connectivity index (χ1) is 13.9. The summed E-state index contributed by atoms with van der Waals surface area (Å²) in [5, 5.41) is 4.20. The van der Waals surface area contributed by atoms with Crippen molar-refractivity contribution in [2.24, 2.45) is 0 Å². The quantitative estimate of drug-likeness (QED) is 0.518. The van der Waals surface area contributed by atoms with Gasteiger partial charge in [0, 0.05) is 29.6 Å².